The lowest BCUT2D eigenvalue weighted by Gasteiger charge is -2.10. The maximum atomic E-state index is 12.7. The monoisotopic (exact) mass is 365 g/mol. The van der Waals surface area contributed by atoms with Gasteiger partial charge < -0.3 is 4.42 Å². The van der Waals surface area contributed by atoms with Gasteiger partial charge in [0.05, 0.1) is 5.69 Å². The minimum absolute atomic E-state index is 0.0672. The molecule has 0 radical (unpaired) electrons. The summed E-state index contributed by atoms with van der Waals surface area (Å²) < 4.78 is 33.5. The van der Waals surface area contributed by atoms with Gasteiger partial charge in [0, 0.05) is 16.8 Å². The number of benzene rings is 1. The van der Waals surface area contributed by atoms with Gasteiger partial charge in [-0.3, -0.25) is 9.82 Å². The van der Waals surface area contributed by atoms with Crippen LogP contribution in [0.4, 0.5) is 5.69 Å². The third kappa shape index (κ3) is 3.18. The Kier molecular flexibility index (Phi) is 4.15. The van der Waals surface area contributed by atoms with Crippen LogP contribution in [0.3, 0.4) is 0 Å². The fourth-order valence-corrected chi connectivity index (χ4v) is 3.78. The number of nitrogens with zero attached hydrogens (tertiary/aromatic N) is 1. The zero-order valence-electron chi connectivity index (χ0n) is 13.3. The van der Waals surface area contributed by atoms with E-state index in [-0.39, 0.29) is 10.7 Å². The Hall–Kier alpha value is -2.25. The number of halogens is 1. The van der Waals surface area contributed by atoms with Crippen LogP contribution in [-0.4, -0.2) is 18.6 Å². The molecule has 0 spiro atoms. The van der Waals surface area contributed by atoms with Crippen molar-refractivity contribution in [1.29, 1.82) is 0 Å². The summed E-state index contributed by atoms with van der Waals surface area (Å²) in [6.07, 6.45) is 0. The highest BCUT2D eigenvalue weighted by atomic mass is 35.5. The van der Waals surface area contributed by atoms with Crippen molar-refractivity contribution >= 4 is 27.3 Å². The van der Waals surface area contributed by atoms with Crippen LogP contribution in [0, 0.1) is 20.8 Å². The number of aromatic amines is 1. The number of anilines is 1. The first-order valence-electron chi connectivity index (χ1n) is 7.18. The van der Waals surface area contributed by atoms with E-state index < -0.39 is 10.0 Å². The first-order chi connectivity index (χ1) is 11.3. The van der Waals surface area contributed by atoms with Gasteiger partial charge in [-0.05, 0) is 44.5 Å². The molecule has 0 aliphatic carbocycles. The van der Waals surface area contributed by atoms with Crippen molar-refractivity contribution in [1.82, 2.24) is 10.2 Å². The second kappa shape index (κ2) is 5.99. The summed E-state index contributed by atoms with van der Waals surface area (Å²) in [5.41, 5.74) is 2.61. The highest BCUT2D eigenvalue weighted by Gasteiger charge is 2.23. The van der Waals surface area contributed by atoms with Crippen LogP contribution in [0.5, 0.6) is 0 Å². The second-order valence-electron chi connectivity index (χ2n) is 5.53. The van der Waals surface area contributed by atoms with Gasteiger partial charge in [0.1, 0.15) is 16.3 Å². The van der Waals surface area contributed by atoms with E-state index in [2.05, 4.69) is 14.9 Å². The van der Waals surface area contributed by atoms with E-state index in [1.54, 1.807) is 38.1 Å². The molecule has 3 aromatic rings. The van der Waals surface area contributed by atoms with E-state index in [1.807, 2.05) is 6.92 Å². The normalized spacial score (nSPS) is 11.7. The van der Waals surface area contributed by atoms with E-state index in [9.17, 15) is 8.42 Å². The molecule has 0 aliphatic heterocycles. The molecule has 0 unspecified atom stereocenters. The molecule has 0 aliphatic rings. The topological polar surface area (TPSA) is 88.0 Å². The number of hydrogen-bond acceptors (Lipinski definition) is 4. The predicted octanol–water partition coefficient (Wildman–Crippen LogP) is 4.05. The highest BCUT2D eigenvalue weighted by molar-refractivity contribution is 7.92. The summed E-state index contributed by atoms with van der Waals surface area (Å²) >= 11 is 5.94. The molecule has 2 heterocycles. The molecule has 2 N–H and O–H groups in total. The predicted molar refractivity (Wildman–Crippen MR) is 92.8 cm³/mol. The van der Waals surface area contributed by atoms with E-state index in [0.717, 1.165) is 11.3 Å². The van der Waals surface area contributed by atoms with Crippen LogP contribution in [0.25, 0.3) is 11.5 Å². The fraction of sp³-hybridized carbons (Fsp3) is 0.188. The number of aryl methyl sites for hydroxylation is 3. The molecule has 6 nitrogen and oxygen atoms in total. The van der Waals surface area contributed by atoms with Crippen molar-refractivity contribution in [3.05, 3.63) is 52.4 Å². The standard InChI is InChI=1S/C16H16ClN3O3S/c1-9-4-5-12(17)7-13(9)20-24(21,22)16-8-15(23-11(16)3)14-6-10(2)18-19-14/h4-8,20H,1-3H3,(H,18,19). The Balaban J connectivity index is 1.98. The van der Waals surface area contributed by atoms with E-state index in [0.29, 0.717) is 22.2 Å². The number of furan rings is 1. The van der Waals surface area contributed by atoms with Crippen LogP contribution in [0.15, 0.2) is 39.6 Å². The van der Waals surface area contributed by atoms with Gasteiger partial charge in [-0.15, -0.1) is 0 Å². The van der Waals surface area contributed by atoms with Crippen molar-refractivity contribution in [2.24, 2.45) is 0 Å². The molecule has 24 heavy (non-hydrogen) atoms. The highest BCUT2D eigenvalue weighted by Crippen LogP contribution is 2.30. The maximum absolute atomic E-state index is 12.7. The van der Waals surface area contributed by atoms with Crippen LogP contribution in [0.1, 0.15) is 17.0 Å². The van der Waals surface area contributed by atoms with Gasteiger partial charge in [-0.1, -0.05) is 17.7 Å². The summed E-state index contributed by atoms with van der Waals surface area (Å²) in [4.78, 5) is 0.0672. The number of H-pyrrole nitrogens is 1. The van der Waals surface area contributed by atoms with Gasteiger partial charge in [0.2, 0.25) is 0 Å². The quantitative estimate of drug-likeness (QED) is 0.730. The largest absolute Gasteiger partial charge is 0.458 e. The summed E-state index contributed by atoms with van der Waals surface area (Å²) in [5.74, 6) is 0.679. The van der Waals surface area contributed by atoms with Gasteiger partial charge in [0.15, 0.2) is 5.76 Å². The van der Waals surface area contributed by atoms with Gasteiger partial charge >= 0.3 is 0 Å². The molecule has 126 valence electrons. The molecular formula is C16H16ClN3O3S. The first kappa shape index (κ1) is 16.6. The van der Waals surface area contributed by atoms with E-state index in [4.69, 9.17) is 16.0 Å². The molecule has 0 atom stereocenters. The molecular weight excluding hydrogens is 350 g/mol. The Morgan fingerprint density at radius 1 is 1.17 bits per heavy atom. The second-order valence-corrected chi connectivity index (χ2v) is 7.62. The average Bonchev–Trinajstić information content (AvgIpc) is 3.09. The van der Waals surface area contributed by atoms with E-state index >= 15 is 0 Å². The zero-order chi connectivity index (χ0) is 17.5. The number of hydrogen-bond donors (Lipinski definition) is 2. The lowest BCUT2D eigenvalue weighted by molar-refractivity contribution is 0.533. The van der Waals surface area contributed by atoms with Crippen molar-refractivity contribution in [3.8, 4) is 11.5 Å². The minimum Gasteiger partial charge on any atom is -0.458 e. The molecule has 8 heteroatoms. The number of nitrogens with one attached hydrogen (secondary N) is 2. The molecule has 0 bridgehead atoms. The lowest BCUT2D eigenvalue weighted by atomic mass is 10.2. The zero-order valence-corrected chi connectivity index (χ0v) is 14.9. The smallest absolute Gasteiger partial charge is 0.265 e. The summed E-state index contributed by atoms with van der Waals surface area (Å²) in [5, 5.41) is 7.33. The van der Waals surface area contributed by atoms with Crippen molar-refractivity contribution < 1.29 is 12.8 Å². The maximum Gasteiger partial charge on any atom is 0.265 e. The van der Waals surface area contributed by atoms with Crippen molar-refractivity contribution in [2.75, 3.05) is 4.72 Å². The Labute approximate surface area is 144 Å². The summed E-state index contributed by atoms with van der Waals surface area (Å²) in [6, 6.07) is 8.27. The molecule has 0 saturated carbocycles. The van der Waals surface area contributed by atoms with Gasteiger partial charge in [-0.2, -0.15) is 5.10 Å². The first-order valence-corrected chi connectivity index (χ1v) is 9.04. The minimum atomic E-state index is -3.80. The summed E-state index contributed by atoms with van der Waals surface area (Å²) in [6.45, 7) is 5.25. The van der Waals surface area contributed by atoms with Crippen LogP contribution >= 0.6 is 11.6 Å². The molecule has 0 saturated heterocycles. The Morgan fingerprint density at radius 3 is 2.58 bits per heavy atom. The molecule has 2 aromatic heterocycles. The number of rotatable bonds is 4. The number of sulfonamides is 1. The van der Waals surface area contributed by atoms with Crippen LogP contribution in [-0.2, 0) is 10.0 Å². The molecule has 1 aromatic carbocycles. The third-order valence-electron chi connectivity index (χ3n) is 3.56. The third-order valence-corrected chi connectivity index (χ3v) is 5.27. The van der Waals surface area contributed by atoms with E-state index in [1.165, 1.54) is 6.07 Å². The lowest BCUT2D eigenvalue weighted by Crippen LogP contribution is -2.14. The number of aromatic nitrogens is 2. The van der Waals surface area contributed by atoms with Crippen LogP contribution in [0.2, 0.25) is 5.02 Å². The Morgan fingerprint density at radius 2 is 1.92 bits per heavy atom. The SMILES string of the molecule is Cc1cc(-c2cc(S(=O)(=O)Nc3cc(Cl)ccc3C)c(C)o2)n[nH]1. The fourth-order valence-electron chi connectivity index (χ4n) is 2.31. The average molecular weight is 366 g/mol. The van der Waals surface area contributed by atoms with Crippen LogP contribution < -0.4 is 4.72 Å². The molecule has 0 amide bonds. The van der Waals surface area contributed by atoms with Gasteiger partial charge in [0.25, 0.3) is 10.0 Å². The molecule has 0 fully saturated rings. The Bertz CT molecular complexity index is 1010. The van der Waals surface area contributed by atoms with Crippen molar-refractivity contribution in [2.45, 2.75) is 25.7 Å². The molecule has 3 rings (SSSR count). The van der Waals surface area contributed by atoms with Crippen molar-refractivity contribution in [3.63, 3.8) is 0 Å². The summed E-state index contributed by atoms with van der Waals surface area (Å²) in [7, 11) is -3.80. The van der Waals surface area contributed by atoms with Gasteiger partial charge in [-0.25, -0.2) is 8.42 Å².